The summed E-state index contributed by atoms with van der Waals surface area (Å²) in [5.41, 5.74) is 1.33. The van der Waals surface area contributed by atoms with E-state index in [2.05, 4.69) is 44.1 Å². The van der Waals surface area contributed by atoms with Gasteiger partial charge in [-0.1, -0.05) is 23.7 Å². The number of aromatic nitrogens is 2. The van der Waals surface area contributed by atoms with Crippen LogP contribution in [0.5, 0.6) is 0 Å². The Labute approximate surface area is 185 Å². The number of benzene rings is 1. The number of likely N-dealkylation sites (tertiary alicyclic amines) is 1. The Balaban J connectivity index is 1.37. The van der Waals surface area contributed by atoms with E-state index < -0.39 is 0 Å². The molecule has 0 unspecified atom stereocenters. The van der Waals surface area contributed by atoms with Crippen LogP contribution < -0.4 is 10.6 Å². The highest BCUT2D eigenvalue weighted by Gasteiger charge is 2.20. The summed E-state index contributed by atoms with van der Waals surface area (Å²) in [5, 5.41) is 7.84. The van der Waals surface area contributed by atoms with E-state index in [1.165, 1.54) is 5.56 Å². The van der Waals surface area contributed by atoms with Gasteiger partial charge in [-0.2, -0.15) is 0 Å². The van der Waals surface area contributed by atoms with E-state index in [9.17, 15) is 0 Å². The van der Waals surface area contributed by atoms with Gasteiger partial charge in [0.1, 0.15) is 5.82 Å². The predicted molar refractivity (Wildman–Crippen MR) is 125 cm³/mol. The summed E-state index contributed by atoms with van der Waals surface area (Å²) in [6, 6.07) is 8.67. The number of halogens is 1. The largest absolute Gasteiger partial charge is 0.357 e. The molecule has 0 saturated carbocycles. The van der Waals surface area contributed by atoms with Crippen LogP contribution in [0.15, 0.2) is 41.7 Å². The van der Waals surface area contributed by atoms with Crippen LogP contribution in [0.1, 0.15) is 44.0 Å². The van der Waals surface area contributed by atoms with Crippen molar-refractivity contribution in [2.75, 3.05) is 26.2 Å². The summed E-state index contributed by atoms with van der Waals surface area (Å²) in [5.74, 6) is 2.03. The Morgan fingerprint density at radius 2 is 1.97 bits per heavy atom. The van der Waals surface area contributed by atoms with Gasteiger partial charge in [-0.25, -0.2) is 4.98 Å². The van der Waals surface area contributed by atoms with Crippen molar-refractivity contribution < 1.29 is 0 Å². The lowest BCUT2D eigenvalue weighted by Gasteiger charge is -2.33. The second-order valence-electron chi connectivity index (χ2n) is 7.96. The molecule has 3 rings (SSSR count). The van der Waals surface area contributed by atoms with Crippen molar-refractivity contribution in [2.45, 2.75) is 58.7 Å². The van der Waals surface area contributed by atoms with Crippen LogP contribution in [-0.2, 0) is 13.1 Å². The number of imidazole rings is 1. The van der Waals surface area contributed by atoms with Crippen molar-refractivity contribution in [3.63, 3.8) is 0 Å². The highest BCUT2D eigenvalue weighted by atomic mass is 35.5. The Morgan fingerprint density at radius 3 is 2.63 bits per heavy atom. The zero-order valence-corrected chi connectivity index (χ0v) is 19.0. The third kappa shape index (κ3) is 7.33. The molecule has 0 spiro atoms. The average molecular weight is 431 g/mol. The van der Waals surface area contributed by atoms with E-state index in [1.807, 2.05) is 31.5 Å². The molecule has 0 bridgehead atoms. The molecule has 2 N–H and O–H groups in total. The quantitative estimate of drug-likeness (QED) is 0.360. The minimum Gasteiger partial charge on any atom is -0.357 e. The van der Waals surface area contributed by atoms with Gasteiger partial charge in [0.15, 0.2) is 5.96 Å². The number of nitrogens with one attached hydrogen (secondary N) is 2. The molecule has 1 aliphatic rings. The molecule has 0 radical (unpaired) electrons. The SMILES string of the molecule is CCNC(=NCCCCn1ccnc1C)NC1CCN(Cc2ccc(Cl)cc2)CC1. The van der Waals surface area contributed by atoms with Crippen molar-refractivity contribution in [1.82, 2.24) is 25.1 Å². The van der Waals surface area contributed by atoms with Gasteiger partial charge in [-0.05, 0) is 57.2 Å². The lowest BCUT2D eigenvalue weighted by Crippen LogP contribution is -2.48. The van der Waals surface area contributed by atoms with Crippen molar-refractivity contribution in [2.24, 2.45) is 4.99 Å². The highest BCUT2D eigenvalue weighted by Crippen LogP contribution is 2.16. The fourth-order valence-electron chi connectivity index (χ4n) is 3.82. The van der Waals surface area contributed by atoms with E-state index in [-0.39, 0.29) is 0 Å². The molecular formula is C23H35ClN6. The van der Waals surface area contributed by atoms with Crippen molar-refractivity contribution >= 4 is 17.6 Å². The molecule has 1 aromatic carbocycles. The number of guanidine groups is 1. The van der Waals surface area contributed by atoms with E-state index in [4.69, 9.17) is 16.6 Å². The third-order valence-electron chi connectivity index (χ3n) is 5.59. The number of aryl methyl sites for hydroxylation is 2. The Hall–Kier alpha value is -2.05. The first-order valence-corrected chi connectivity index (χ1v) is 11.5. The summed E-state index contributed by atoms with van der Waals surface area (Å²) < 4.78 is 2.20. The maximum absolute atomic E-state index is 5.99. The average Bonchev–Trinajstić information content (AvgIpc) is 3.16. The second-order valence-corrected chi connectivity index (χ2v) is 8.39. The number of hydrogen-bond donors (Lipinski definition) is 2. The van der Waals surface area contributed by atoms with Gasteiger partial charge < -0.3 is 15.2 Å². The van der Waals surface area contributed by atoms with Gasteiger partial charge in [-0.3, -0.25) is 9.89 Å². The topological polar surface area (TPSA) is 57.5 Å². The molecular weight excluding hydrogens is 396 g/mol. The number of hydrogen-bond acceptors (Lipinski definition) is 3. The maximum Gasteiger partial charge on any atom is 0.191 e. The van der Waals surface area contributed by atoms with Crippen molar-refractivity contribution in [3.8, 4) is 0 Å². The van der Waals surface area contributed by atoms with Crippen molar-refractivity contribution in [1.29, 1.82) is 0 Å². The van der Waals surface area contributed by atoms with E-state index in [1.54, 1.807) is 0 Å². The van der Waals surface area contributed by atoms with E-state index in [0.717, 1.165) is 81.8 Å². The number of nitrogens with zero attached hydrogens (tertiary/aromatic N) is 4. The molecule has 2 aromatic rings. The smallest absolute Gasteiger partial charge is 0.191 e. The Kier molecular flexibility index (Phi) is 9.02. The third-order valence-corrected chi connectivity index (χ3v) is 5.84. The number of unbranched alkanes of at least 4 members (excludes halogenated alkanes) is 1. The standard InChI is InChI=1S/C23H35ClN6/c1-3-25-23(27-12-4-5-14-30-17-13-26-19(30)2)28-22-10-15-29(16-11-22)18-20-6-8-21(24)9-7-20/h6-9,13,17,22H,3-5,10-12,14-16,18H2,1-2H3,(H2,25,27,28). The van der Waals surface area contributed by atoms with E-state index in [0.29, 0.717) is 6.04 Å². The van der Waals surface area contributed by atoms with Crippen LogP contribution in [0, 0.1) is 6.92 Å². The zero-order chi connectivity index (χ0) is 21.2. The van der Waals surface area contributed by atoms with Crippen molar-refractivity contribution in [3.05, 3.63) is 53.1 Å². The van der Waals surface area contributed by atoms with Crippen LogP contribution in [0.3, 0.4) is 0 Å². The molecule has 0 aliphatic carbocycles. The minimum atomic E-state index is 0.484. The fraction of sp³-hybridized carbons (Fsp3) is 0.565. The van der Waals surface area contributed by atoms with Gasteiger partial charge in [0.05, 0.1) is 0 Å². The summed E-state index contributed by atoms with van der Waals surface area (Å²) in [4.78, 5) is 11.6. The summed E-state index contributed by atoms with van der Waals surface area (Å²) in [6.45, 7) is 10.1. The fourth-order valence-corrected chi connectivity index (χ4v) is 3.95. The summed E-state index contributed by atoms with van der Waals surface area (Å²) >= 11 is 5.99. The molecule has 164 valence electrons. The molecule has 7 heteroatoms. The van der Waals surface area contributed by atoms with Gasteiger partial charge in [-0.15, -0.1) is 0 Å². The molecule has 1 aromatic heterocycles. The molecule has 1 aliphatic heterocycles. The normalized spacial score (nSPS) is 16.0. The number of aliphatic imine (C=N–C) groups is 1. The summed E-state index contributed by atoms with van der Waals surface area (Å²) in [7, 11) is 0. The van der Waals surface area contributed by atoms with Crippen LogP contribution >= 0.6 is 11.6 Å². The highest BCUT2D eigenvalue weighted by molar-refractivity contribution is 6.30. The van der Waals surface area contributed by atoms with Crippen LogP contribution in [-0.4, -0.2) is 52.6 Å². The monoisotopic (exact) mass is 430 g/mol. The lowest BCUT2D eigenvalue weighted by atomic mass is 10.0. The minimum absolute atomic E-state index is 0.484. The Morgan fingerprint density at radius 1 is 1.20 bits per heavy atom. The Bertz CT molecular complexity index is 777. The molecule has 0 amide bonds. The lowest BCUT2D eigenvalue weighted by molar-refractivity contribution is 0.198. The number of rotatable bonds is 9. The molecule has 0 atom stereocenters. The molecule has 6 nitrogen and oxygen atoms in total. The first-order valence-electron chi connectivity index (χ1n) is 11.1. The van der Waals surface area contributed by atoms with Crippen LogP contribution in [0.2, 0.25) is 5.02 Å². The van der Waals surface area contributed by atoms with E-state index >= 15 is 0 Å². The predicted octanol–water partition coefficient (Wildman–Crippen LogP) is 3.84. The van der Waals surface area contributed by atoms with Gasteiger partial charge >= 0.3 is 0 Å². The summed E-state index contributed by atoms with van der Waals surface area (Å²) in [6.07, 6.45) is 8.37. The molecule has 2 heterocycles. The first kappa shape index (κ1) is 22.6. The zero-order valence-electron chi connectivity index (χ0n) is 18.3. The van der Waals surface area contributed by atoms with Crippen LogP contribution in [0.25, 0.3) is 0 Å². The van der Waals surface area contributed by atoms with Gasteiger partial charge in [0.2, 0.25) is 0 Å². The number of piperidine rings is 1. The first-order chi connectivity index (χ1) is 14.6. The molecule has 1 fully saturated rings. The molecule has 1 saturated heterocycles. The van der Waals surface area contributed by atoms with Gasteiger partial charge in [0.25, 0.3) is 0 Å². The van der Waals surface area contributed by atoms with Crippen LogP contribution in [0.4, 0.5) is 0 Å². The molecule has 30 heavy (non-hydrogen) atoms. The van der Waals surface area contributed by atoms with Gasteiger partial charge in [0, 0.05) is 62.7 Å². The second kappa shape index (κ2) is 12.0. The maximum atomic E-state index is 5.99.